The number of thiazole rings is 1. The molecule has 0 saturated carbocycles. The van der Waals surface area contributed by atoms with E-state index in [1.165, 1.54) is 0 Å². The van der Waals surface area contributed by atoms with Crippen LogP contribution in [0.4, 0.5) is 0 Å². The fraction of sp³-hybridized carbons (Fsp3) is 0.273. The molecule has 1 aliphatic heterocycles. The van der Waals surface area contributed by atoms with E-state index in [1.54, 1.807) is 16.2 Å². The number of rotatable bonds is 3. The molecule has 2 aromatic carbocycles. The van der Waals surface area contributed by atoms with Gasteiger partial charge in [0.25, 0.3) is 5.91 Å². The first-order chi connectivity index (χ1) is 13.0. The number of likely N-dealkylation sites (tertiary alicyclic amines) is 1. The average Bonchev–Trinajstić information content (AvgIpc) is 3.25. The largest absolute Gasteiger partial charge is 0.383 e. The average molecular weight is 378 g/mol. The fourth-order valence-corrected chi connectivity index (χ4v) is 4.64. The normalized spacial score (nSPS) is 19.4. The van der Waals surface area contributed by atoms with Gasteiger partial charge in [0, 0.05) is 12.1 Å². The first-order valence-corrected chi connectivity index (χ1v) is 9.89. The Labute approximate surface area is 163 Å². The Balaban J connectivity index is 1.57. The molecule has 1 unspecified atom stereocenters. The van der Waals surface area contributed by atoms with Gasteiger partial charge in [-0.3, -0.25) is 4.79 Å². The molecule has 0 spiro atoms. The highest BCUT2D eigenvalue weighted by atomic mass is 32.1. The van der Waals surface area contributed by atoms with Crippen LogP contribution in [0.3, 0.4) is 0 Å². The highest BCUT2D eigenvalue weighted by molar-refractivity contribution is 7.15. The number of aryl methyl sites for hydroxylation is 2. The van der Waals surface area contributed by atoms with E-state index in [2.05, 4.69) is 4.98 Å². The molecule has 1 amide bonds. The lowest BCUT2D eigenvalue weighted by Gasteiger charge is -2.24. The van der Waals surface area contributed by atoms with Crippen LogP contribution in [0.1, 0.15) is 33.0 Å². The fourth-order valence-electron chi connectivity index (χ4n) is 3.73. The summed E-state index contributed by atoms with van der Waals surface area (Å²) in [4.78, 5) is 20.4. The molecule has 3 aromatic rings. The topological polar surface area (TPSA) is 53.4 Å². The standard InChI is InChI=1S/C22H22N2O2S/c1-15-20(27-16(2)23-15)17-7-6-8-18(13-17)21(25)24-12-11-22(26,14-24)19-9-4-3-5-10-19/h3-10,13,26H,11-12,14H2,1-2H3. The summed E-state index contributed by atoms with van der Waals surface area (Å²) in [6.45, 7) is 4.85. The molecule has 1 aliphatic rings. The zero-order valence-electron chi connectivity index (χ0n) is 15.5. The Morgan fingerprint density at radius 3 is 2.63 bits per heavy atom. The third-order valence-corrected chi connectivity index (χ3v) is 6.24. The van der Waals surface area contributed by atoms with Crippen LogP contribution < -0.4 is 0 Å². The summed E-state index contributed by atoms with van der Waals surface area (Å²) in [7, 11) is 0. The minimum Gasteiger partial charge on any atom is -0.383 e. The van der Waals surface area contributed by atoms with Crippen LogP contribution >= 0.6 is 11.3 Å². The highest BCUT2D eigenvalue weighted by Gasteiger charge is 2.39. The third-order valence-electron chi connectivity index (χ3n) is 5.12. The van der Waals surface area contributed by atoms with E-state index in [0.29, 0.717) is 25.1 Å². The Morgan fingerprint density at radius 2 is 1.93 bits per heavy atom. The van der Waals surface area contributed by atoms with Gasteiger partial charge >= 0.3 is 0 Å². The van der Waals surface area contributed by atoms with Gasteiger partial charge in [-0.25, -0.2) is 4.98 Å². The summed E-state index contributed by atoms with van der Waals surface area (Å²) in [6, 6.07) is 17.3. The number of β-amino-alcohol motifs (C(OH)–C–C–N with tert-alkyl or cyclic N) is 1. The quantitative estimate of drug-likeness (QED) is 0.744. The summed E-state index contributed by atoms with van der Waals surface area (Å²) >= 11 is 1.64. The molecule has 27 heavy (non-hydrogen) atoms. The van der Waals surface area contributed by atoms with Crippen molar-refractivity contribution in [2.45, 2.75) is 25.9 Å². The smallest absolute Gasteiger partial charge is 0.253 e. The summed E-state index contributed by atoms with van der Waals surface area (Å²) in [5, 5.41) is 12.0. The highest BCUT2D eigenvalue weighted by Crippen LogP contribution is 2.34. The maximum atomic E-state index is 13.0. The molecule has 1 fully saturated rings. The van der Waals surface area contributed by atoms with Crippen LogP contribution in [-0.4, -0.2) is 34.0 Å². The third kappa shape index (κ3) is 3.40. The molecule has 138 valence electrons. The molecule has 1 aromatic heterocycles. The number of carbonyl (C=O) groups excluding carboxylic acids is 1. The molecule has 4 rings (SSSR count). The summed E-state index contributed by atoms with van der Waals surface area (Å²) in [6.07, 6.45) is 0.551. The van der Waals surface area contributed by atoms with E-state index in [4.69, 9.17) is 0 Å². The first-order valence-electron chi connectivity index (χ1n) is 9.08. The lowest BCUT2D eigenvalue weighted by Crippen LogP contribution is -2.34. The van der Waals surface area contributed by atoms with Crippen LogP contribution in [0.5, 0.6) is 0 Å². The molecular weight excluding hydrogens is 356 g/mol. The van der Waals surface area contributed by atoms with Crippen molar-refractivity contribution in [3.05, 3.63) is 76.4 Å². The van der Waals surface area contributed by atoms with Crippen molar-refractivity contribution in [1.82, 2.24) is 9.88 Å². The molecule has 2 heterocycles. The lowest BCUT2D eigenvalue weighted by molar-refractivity contribution is 0.0417. The molecule has 4 nitrogen and oxygen atoms in total. The van der Waals surface area contributed by atoms with E-state index >= 15 is 0 Å². The van der Waals surface area contributed by atoms with Crippen molar-refractivity contribution in [2.24, 2.45) is 0 Å². The van der Waals surface area contributed by atoms with Crippen LogP contribution in [-0.2, 0) is 5.60 Å². The second-order valence-corrected chi connectivity index (χ2v) is 8.31. The second-order valence-electron chi connectivity index (χ2n) is 7.10. The number of hydrogen-bond donors (Lipinski definition) is 1. The van der Waals surface area contributed by atoms with E-state index in [1.807, 2.05) is 68.4 Å². The number of benzene rings is 2. The second kappa shape index (κ2) is 6.91. The molecule has 0 aliphatic carbocycles. The van der Waals surface area contributed by atoms with Gasteiger partial charge in [-0.05, 0) is 43.5 Å². The number of aliphatic hydroxyl groups is 1. The summed E-state index contributed by atoms with van der Waals surface area (Å²) < 4.78 is 0. The number of carbonyl (C=O) groups is 1. The Bertz CT molecular complexity index is 983. The zero-order chi connectivity index (χ0) is 19.0. The molecule has 1 N–H and O–H groups in total. The van der Waals surface area contributed by atoms with E-state index < -0.39 is 5.60 Å². The molecule has 0 radical (unpaired) electrons. The molecular formula is C22H22N2O2S. The summed E-state index contributed by atoms with van der Waals surface area (Å²) in [5.74, 6) is -0.0393. The number of nitrogens with zero attached hydrogens (tertiary/aromatic N) is 2. The maximum Gasteiger partial charge on any atom is 0.253 e. The number of aromatic nitrogens is 1. The predicted octanol–water partition coefficient (Wildman–Crippen LogP) is 4.16. The van der Waals surface area contributed by atoms with Crippen molar-refractivity contribution in [3.63, 3.8) is 0 Å². The lowest BCUT2D eigenvalue weighted by atomic mass is 9.93. The van der Waals surface area contributed by atoms with Gasteiger partial charge in [0.2, 0.25) is 0 Å². The van der Waals surface area contributed by atoms with Crippen LogP contribution in [0.25, 0.3) is 10.4 Å². The minimum absolute atomic E-state index is 0.0393. The van der Waals surface area contributed by atoms with Gasteiger partial charge in [-0.1, -0.05) is 42.5 Å². The van der Waals surface area contributed by atoms with Gasteiger partial charge < -0.3 is 10.0 Å². The van der Waals surface area contributed by atoms with Crippen molar-refractivity contribution in [3.8, 4) is 10.4 Å². The monoisotopic (exact) mass is 378 g/mol. The Morgan fingerprint density at radius 1 is 1.15 bits per heavy atom. The molecule has 1 atom stereocenters. The molecule has 1 saturated heterocycles. The van der Waals surface area contributed by atoms with E-state index in [0.717, 1.165) is 26.7 Å². The SMILES string of the molecule is Cc1nc(C)c(-c2cccc(C(=O)N3CCC(O)(c4ccccc4)C3)c2)s1. The number of amides is 1. The molecule has 0 bridgehead atoms. The van der Waals surface area contributed by atoms with Crippen molar-refractivity contribution in [2.75, 3.05) is 13.1 Å². The Kier molecular flexibility index (Phi) is 4.58. The maximum absolute atomic E-state index is 13.0. The minimum atomic E-state index is -0.972. The van der Waals surface area contributed by atoms with Gasteiger partial charge in [-0.2, -0.15) is 0 Å². The van der Waals surface area contributed by atoms with Crippen molar-refractivity contribution < 1.29 is 9.90 Å². The predicted molar refractivity (Wildman–Crippen MR) is 108 cm³/mol. The van der Waals surface area contributed by atoms with E-state index in [-0.39, 0.29) is 5.91 Å². The molecule has 5 heteroatoms. The Hall–Kier alpha value is -2.50. The van der Waals surface area contributed by atoms with Crippen molar-refractivity contribution >= 4 is 17.2 Å². The van der Waals surface area contributed by atoms with Gasteiger partial charge in [-0.15, -0.1) is 11.3 Å². The zero-order valence-corrected chi connectivity index (χ0v) is 16.3. The van der Waals surface area contributed by atoms with E-state index in [9.17, 15) is 9.90 Å². The first kappa shape index (κ1) is 17.9. The van der Waals surface area contributed by atoms with Gasteiger partial charge in [0.05, 0.1) is 22.1 Å². The van der Waals surface area contributed by atoms with Gasteiger partial charge in [0.15, 0.2) is 0 Å². The van der Waals surface area contributed by atoms with Crippen LogP contribution in [0, 0.1) is 13.8 Å². The van der Waals surface area contributed by atoms with Gasteiger partial charge in [0.1, 0.15) is 5.60 Å². The summed E-state index contributed by atoms with van der Waals surface area (Å²) in [5.41, 5.74) is 2.54. The van der Waals surface area contributed by atoms with Crippen molar-refractivity contribution in [1.29, 1.82) is 0 Å². The number of hydrogen-bond acceptors (Lipinski definition) is 4. The van der Waals surface area contributed by atoms with Crippen LogP contribution in [0.2, 0.25) is 0 Å². The van der Waals surface area contributed by atoms with Crippen LogP contribution in [0.15, 0.2) is 54.6 Å².